The van der Waals surface area contributed by atoms with E-state index >= 15 is 0 Å². The summed E-state index contributed by atoms with van der Waals surface area (Å²) >= 11 is 0. The molecule has 0 saturated heterocycles. The maximum atomic E-state index is 12.6. The fraction of sp³-hybridized carbons (Fsp3) is 0.625. The van der Waals surface area contributed by atoms with Crippen LogP contribution in [0.25, 0.3) is 0 Å². The van der Waals surface area contributed by atoms with Crippen LogP contribution in [0.3, 0.4) is 0 Å². The molecular formula is C16H25NO5. The standard InChI is InChI=1S/C16H25NO5/c1-5-21-8-6-7-17(10-11(2)16(19)20)15(18)14-9-12(3)22-13(14)4/h9,11H,5-8,10H2,1-4H3,(H,19,20). The Morgan fingerprint density at radius 2 is 2.09 bits per heavy atom. The number of carbonyl (C=O) groups is 2. The molecule has 0 radical (unpaired) electrons. The SMILES string of the molecule is CCOCCCN(CC(C)C(=O)O)C(=O)c1cc(C)oc1C. The molecule has 1 N–H and O–H groups in total. The third-order valence-corrected chi connectivity index (χ3v) is 3.40. The number of carboxylic acids is 1. The van der Waals surface area contributed by atoms with Gasteiger partial charge in [0, 0.05) is 26.3 Å². The van der Waals surface area contributed by atoms with Crippen molar-refractivity contribution in [2.75, 3.05) is 26.3 Å². The molecule has 0 bridgehead atoms. The van der Waals surface area contributed by atoms with Crippen LogP contribution in [0.2, 0.25) is 0 Å². The topological polar surface area (TPSA) is 80.0 Å². The van der Waals surface area contributed by atoms with E-state index in [9.17, 15) is 9.59 Å². The first-order valence-electron chi connectivity index (χ1n) is 7.53. The van der Waals surface area contributed by atoms with Gasteiger partial charge in [0.25, 0.3) is 5.91 Å². The molecule has 1 aromatic heterocycles. The number of furan rings is 1. The van der Waals surface area contributed by atoms with E-state index in [1.54, 1.807) is 31.7 Å². The Kier molecular flexibility index (Phi) is 7.11. The molecule has 22 heavy (non-hydrogen) atoms. The minimum atomic E-state index is -0.914. The van der Waals surface area contributed by atoms with Gasteiger partial charge >= 0.3 is 5.97 Å². The second kappa shape index (κ2) is 8.58. The number of ether oxygens (including phenoxy) is 1. The Morgan fingerprint density at radius 3 is 2.59 bits per heavy atom. The smallest absolute Gasteiger partial charge is 0.308 e. The summed E-state index contributed by atoms with van der Waals surface area (Å²) in [6.07, 6.45) is 0.668. The lowest BCUT2D eigenvalue weighted by Gasteiger charge is -2.24. The molecule has 0 aromatic carbocycles. The highest BCUT2D eigenvalue weighted by atomic mass is 16.5. The molecule has 0 aliphatic carbocycles. The summed E-state index contributed by atoms with van der Waals surface area (Å²) in [6, 6.07) is 1.69. The van der Waals surface area contributed by atoms with Gasteiger partial charge in [0.05, 0.1) is 11.5 Å². The average molecular weight is 311 g/mol. The van der Waals surface area contributed by atoms with Crippen LogP contribution < -0.4 is 0 Å². The molecule has 1 heterocycles. The van der Waals surface area contributed by atoms with Crippen molar-refractivity contribution in [3.63, 3.8) is 0 Å². The first kappa shape index (κ1) is 18.2. The molecule has 6 nitrogen and oxygen atoms in total. The third-order valence-electron chi connectivity index (χ3n) is 3.40. The van der Waals surface area contributed by atoms with Gasteiger partial charge in [-0.15, -0.1) is 0 Å². The van der Waals surface area contributed by atoms with Crippen molar-refractivity contribution in [1.29, 1.82) is 0 Å². The highest BCUT2D eigenvalue weighted by Crippen LogP contribution is 2.17. The monoisotopic (exact) mass is 311 g/mol. The van der Waals surface area contributed by atoms with Crippen molar-refractivity contribution >= 4 is 11.9 Å². The van der Waals surface area contributed by atoms with E-state index in [4.69, 9.17) is 14.3 Å². The lowest BCUT2D eigenvalue weighted by Crippen LogP contribution is -2.38. The summed E-state index contributed by atoms with van der Waals surface area (Å²) in [6.45, 7) is 8.82. The Labute approximate surface area is 131 Å². The lowest BCUT2D eigenvalue weighted by molar-refractivity contribution is -0.141. The van der Waals surface area contributed by atoms with Crippen molar-refractivity contribution in [1.82, 2.24) is 4.90 Å². The van der Waals surface area contributed by atoms with Crippen LogP contribution in [0.5, 0.6) is 0 Å². The van der Waals surface area contributed by atoms with E-state index in [1.165, 1.54) is 0 Å². The van der Waals surface area contributed by atoms with E-state index < -0.39 is 11.9 Å². The lowest BCUT2D eigenvalue weighted by atomic mass is 10.1. The molecule has 1 amide bonds. The third kappa shape index (κ3) is 5.18. The number of aryl methyl sites for hydroxylation is 2. The van der Waals surface area contributed by atoms with E-state index in [2.05, 4.69) is 0 Å². The molecule has 1 atom stereocenters. The highest BCUT2D eigenvalue weighted by Gasteiger charge is 2.24. The summed E-state index contributed by atoms with van der Waals surface area (Å²) in [7, 11) is 0. The van der Waals surface area contributed by atoms with Crippen LogP contribution in [0.4, 0.5) is 0 Å². The number of aliphatic carboxylic acids is 1. The fourth-order valence-corrected chi connectivity index (χ4v) is 2.20. The largest absolute Gasteiger partial charge is 0.481 e. The van der Waals surface area contributed by atoms with Crippen LogP contribution in [0.15, 0.2) is 10.5 Å². The number of nitrogens with zero attached hydrogens (tertiary/aromatic N) is 1. The molecule has 0 saturated carbocycles. The molecule has 1 unspecified atom stereocenters. The molecule has 0 fully saturated rings. The molecule has 0 spiro atoms. The normalized spacial score (nSPS) is 12.2. The van der Waals surface area contributed by atoms with Crippen LogP contribution >= 0.6 is 0 Å². The first-order valence-corrected chi connectivity index (χ1v) is 7.53. The zero-order valence-electron chi connectivity index (χ0n) is 13.7. The summed E-state index contributed by atoms with van der Waals surface area (Å²) in [5, 5.41) is 9.07. The Balaban J connectivity index is 2.80. The fourth-order valence-electron chi connectivity index (χ4n) is 2.20. The highest BCUT2D eigenvalue weighted by molar-refractivity contribution is 5.95. The average Bonchev–Trinajstić information content (AvgIpc) is 2.79. The van der Waals surface area contributed by atoms with Gasteiger partial charge in [0.2, 0.25) is 0 Å². The molecule has 0 aliphatic rings. The van der Waals surface area contributed by atoms with E-state index in [0.717, 1.165) is 0 Å². The minimum Gasteiger partial charge on any atom is -0.481 e. The number of rotatable bonds is 9. The molecular weight excluding hydrogens is 286 g/mol. The first-order chi connectivity index (χ1) is 10.4. The van der Waals surface area contributed by atoms with Gasteiger partial charge in [-0.05, 0) is 33.3 Å². The minimum absolute atomic E-state index is 0.171. The Morgan fingerprint density at radius 1 is 1.41 bits per heavy atom. The van der Waals surface area contributed by atoms with Gasteiger partial charge in [-0.1, -0.05) is 6.92 Å². The summed E-state index contributed by atoms with van der Waals surface area (Å²) in [5.41, 5.74) is 0.492. The van der Waals surface area contributed by atoms with Crippen LogP contribution in [0, 0.1) is 19.8 Å². The second-order valence-corrected chi connectivity index (χ2v) is 5.37. The maximum Gasteiger partial charge on any atom is 0.308 e. The Hall–Kier alpha value is -1.82. The van der Waals surface area contributed by atoms with Crippen molar-refractivity contribution in [3.8, 4) is 0 Å². The molecule has 6 heteroatoms. The molecule has 1 aromatic rings. The van der Waals surface area contributed by atoms with Crippen molar-refractivity contribution in [2.24, 2.45) is 5.92 Å². The number of hydrogen-bond donors (Lipinski definition) is 1. The van der Waals surface area contributed by atoms with E-state index in [0.29, 0.717) is 43.3 Å². The number of carboxylic acid groups (broad SMARTS) is 1. The quantitative estimate of drug-likeness (QED) is 0.709. The van der Waals surface area contributed by atoms with Crippen molar-refractivity contribution in [2.45, 2.75) is 34.1 Å². The molecule has 0 aliphatic heterocycles. The number of amides is 1. The number of hydrogen-bond acceptors (Lipinski definition) is 4. The number of carbonyl (C=O) groups excluding carboxylic acids is 1. The van der Waals surface area contributed by atoms with E-state index in [-0.39, 0.29) is 12.5 Å². The predicted octanol–water partition coefficient (Wildman–Crippen LogP) is 2.49. The second-order valence-electron chi connectivity index (χ2n) is 5.37. The maximum absolute atomic E-state index is 12.6. The van der Waals surface area contributed by atoms with Crippen molar-refractivity contribution < 1.29 is 23.8 Å². The zero-order chi connectivity index (χ0) is 16.7. The van der Waals surface area contributed by atoms with E-state index in [1.807, 2.05) is 6.92 Å². The van der Waals surface area contributed by atoms with Gasteiger partial charge in [-0.25, -0.2) is 0 Å². The predicted molar refractivity (Wildman–Crippen MR) is 82.0 cm³/mol. The Bertz CT molecular complexity index is 509. The summed E-state index contributed by atoms with van der Waals surface area (Å²) in [4.78, 5) is 25.3. The van der Waals surface area contributed by atoms with Gasteiger partial charge in [0.15, 0.2) is 0 Å². The van der Waals surface area contributed by atoms with Crippen molar-refractivity contribution in [3.05, 3.63) is 23.2 Å². The zero-order valence-corrected chi connectivity index (χ0v) is 13.7. The summed E-state index contributed by atoms with van der Waals surface area (Å²) in [5.74, 6) is -0.507. The van der Waals surface area contributed by atoms with Gasteiger partial charge in [-0.3, -0.25) is 9.59 Å². The van der Waals surface area contributed by atoms with Gasteiger partial charge in [-0.2, -0.15) is 0 Å². The molecule has 1 rings (SSSR count). The van der Waals surface area contributed by atoms with Crippen LogP contribution in [0.1, 0.15) is 42.1 Å². The summed E-state index contributed by atoms with van der Waals surface area (Å²) < 4.78 is 10.7. The molecule has 124 valence electrons. The van der Waals surface area contributed by atoms with Crippen LogP contribution in [-0.2, 0) is 9.53 Å². The van der Waals surface area contributed by atoms with Crippen LogP contribution in [-0.4, -0.2) is 48.2 Å². The van der Waals surface area contributed by atoms with Gasteiger partial charge in [0.1, 0.15) is 11.5 Å². The van der Waals surface area contributed by atoms with Gasteiger partial charge < -0.3 is 19.2 Å².